The third kappa shape index (κ3) is 3.12. The normalized spacial score (nSPS) is 24.9. The third-order valence-corrected chi connectivity index (χ3v) is 3.99. The summed E-state index contributed by atoms with van der Waals surface area (Å²) in [6.45, 7) is 6.12. The van der Waals surface area contributed by atoms with Gasteiger partial charge < -0.3 is 10.0 Å². The van der Waals surface area contributed by atoms with E-state index in [2.05, 4.69) is 13.8 Å². The van der Waals surface area contributed by atoms with Gasteiger partial charge in [0.05, 0.1) is 11.8 Å². The van der Waals surface area contributed by atoms with Crippen LogP contribution < -0.4 is 0 Å². The molecule has 18 heavy (non-hydrogen) atoms. The molecule has 1 rings (SSSR count). The summed E-state index contributed by atoms with van der Waals surface area (Å²) >= 11 is 0. The topological polar surface area (TPSA) is 57.6 Å². The molecule has 102 valence electrons. The van der Waals surface area contributed by atoms with E-state index in [4.69, 9.17) is 0 Å². The van der Waals surface area contributed by atoms with Crippen LogP contribution in [0.2, 0.25) is 0 Å². The molecule has 0 aromatic rings. The fraction of sp³-hybridized carbons (Fsp3) is 0.714. The van der Waals surface area contributed by atoms with Gasteiger partial charge in [-0.25, -0.2) is 0 Å². The molecule has 0 spiro atoms. The van der Waals surface area contributed by atoms with Crippen LogP contribution in [0, 0.1) is 17.8 Å². The summed E-state index contributed by atoms with van der Waals surface area (Å²) in [5.41, 5.74) is 0. The van der Waals surface area contributed by atoms with Crippen LogP contribution in [0.3, 0.4) is 0 Å². The minimum Gasteiger partial charge on any atom is -0.481 e. The first-order valence-corrected chi connectivity index (χ1v) is 6.50. The number of hydrogen-bond acceptors (Lipinski definition) is 2. The van der Waals surface area contributed by atoms with Gasteiger partial charge in [-0.1, -0.05) is 26.0 Å². The number of carbonyl (C=O) groups is 2. The van der Waals surface area contributed by atoms with Crippen molar-refractivity contribution in [1.29, 1.82) is 0 Å². The highest BCUT2D eigenvalue weighted by atomic mass is 16.4. The minimum absolute atomic E-state index is 0.0482. The van der Waals surface area contributed by atoms with Crippen molar-refractivity contribution in [3.05, 3.63) is 12.2 Å². The zero-order chi connectivity index (χ0) is 13.9. The van der Waals surface area contributed by atoms with E-state index in [1.54, 1.807) is 11.9 Å². The lowest BCUT2D eigenvalue weighted by molar-refractivity contribution is -0.151. The second kappa shape index (κ2) is 6.03. The SMILES string of the molecule is CC(C)C(C)N(C)C(=O)C1CC=CCC1C(=O)O. The predicted octanol–water partition coefficient (Wildman–Crippen LogP) is 2.16. The van der Waals surface area contributed by atoms with E-state index >= 15 is 0 Å². The van der Waals surface area contributed by atoms with Crippen molar-refractivity contribution in [2.24, 2.45) is 17.8 Å². The van der Waals surface area contributed by atoms with E-state index in [1.165, 1.54) is 0 Å². The number of allylic oxidation sites excluding steroid dienone is 2. The summed E-state index contributed by atoms with van der Waals surface area (Å²) in [6.07, 6.45) is 4.75. The van der Waals surface area contributed by atoms with Gasteiger partial charge >= 0.3 is 5.97 Å². The van der Waals surface area contributed by atoms with Crippen molar-refractivity contribution < 1.29 is 14.7 Å². The molecule has 0 radical (unpaired) electrons. The molecule has 0 aliphatic heterocycles. The summed E-state index contributed by atoms with van der Waals surface area (Å²) in [4.78, 5) is 25.3. The van der Waals surface area contributed by atoms with Gasteiger partial charge in [-0.05, 0) is 25.7 Å². The highest BCUT2D eigenvalue weighted by Crippen LogP contribution is 2.28. The van der Waals surface area contributed by atoms with Crippen molar-refractivity contribution in [2.45, 2.75) is 39.7 Å². The maximum absolute atomic E-state index is 12.4. The van der Waals surface area contributed by atoms with Gasteiger partial charge in [0.1, 0.15) is 0 Å². The second-order valence-corrected chi connectivity index (χ2v) is 5.43. The number of nitrogens with zero attached hydrogens (tertiary/aromatic N) is 1. The van der Waals surface area contributed by atoms with Crippen molar-refractivity contribution in [2.75, 3.05) is 7.05 Å². The van der Waals surface area contributed by atoms with Gasteiger partial charge in [-0.15, -0.1) is 0 Å². The highest BCUT2D eigenvalue weighted by molar-refractivity contribution is 5.85. The van der Waals surface area contributed by atoms with Crippen molar-refractivity contribution in [3.8, 4) is 0 Å². The number of rotatable bonds is 4. The first kappa shape index (κ1) is 14.7. The summed E-state index contributed by atoms with van der Waals surface area (Å²) in [7, 11) is 1.77. The maximum Gasteiger partial charge on any atom is 0.307 e. The number of carboxylic acid groups (broad SMARTS) is 1. The number of hydrogen-bond donors (Lipinski definition) is 1. The monoisotopic (exact) mass is 253 g/mol. The Bertz CT molecular complexity index is 349. The lowest BCUT2D eigenvalue weighted by atomic mass is 9.81. The Balaban J connectivity index is 2.81. The van der Waals surface area contributed by atoms with Crippen molar-refractivity contribution in [1.82, 2.24) is 4.90 Å². The first-order valence-electron chi connectivity index (χ1n) is 6.50. The van der Waals surface area contributed by atoms with Crippen molar-refractivity contribution in [3.63, 3.8) is 0 Å². The number of amides is 1. The van der Waals surface area contributed by atoms with Gasteiger partial charge in [-0.2, -0.15) is 0 Å². The fourth-order valence-electron chi connectivity index (χ4n) is 2.27. The Labute approximate surface area is 109 Å². The molecule has 0 saturated carbocycles. The Hall–Kier alpha value is -1.32. The molecular formula is C14H23NO3. The number of carbonyl (C=O) groups excluding carboxylic acids is 1. The quantitative estimate of drug-likeness (QED) is 0.781. The average Bonchev–Trinajstić information content (AvgIpc) is 2.35. The Kier molecular flexibility index (Phi) is 4.93. The fourth-order valence-corrected chi connectivity index (χ4v) is 2.27. The van der Waals surface area contributed by atoms with E-state index in [1.807, 2.05) is 19.1 Å². The predicted molar refractivity (Wildman–Crippen MR) is 70.1 cm³/mol. The molecule has 3 unspecified atom stereocenters. The van der Waals surface area contributed by atoms with Gasteiger partial charge in [0.25, 0.3) is 0 Å². The summed E-state index contributed by atoms with van der Waals surface area (Å²) < 4.78 is 0. The molecule has 3 atom stereocenters. The maximum atomic E-state index is 12.4. The van der Waals surface area contributed by atoms with Gasteiger partial charge in [0.2, 0.25) is 5.91 Å². The van der Waals surface area contributed by atoms with Crippen LogP contribution in [-0.2, 0) is 9.59 Å². The molecule has 4 heteroatoms. The third-order valence-electron chi connectivity index (χ3n) is 3.99. The zero-order valence-corrected chi connectivity index (χ0v) is 11.6. The van der Waals surface area contributed by atoms with Crippen LogP contribution >= 0.6 is 0 Å². The summed E-state index contributed by atoms with van der Waals surface area (Å²) in [5, 5.41) is 9.18. The van der Waals surface area contributed by atoms with E-state index in [9.17, 15) is 14.7 Å². The van der Waals surface area contributed by atoms with Gasteiger partial charge in [-0.3, -0.25) is 9.59 Å². The average molecular weight is 253 g/mol. The van der Waals surface area contributed by atoms with Crippen LogP contribution in [-0.4, -0.2) is 35.0 Å². The Morgan fingerprint density at radius 2 is 1.67 bits per heavy atom. The molecule has 1 aliphatic carbocycles. The second-order valence-electron chi connectivity index (χ2n) is 5.43. The molecule has 0 saturated heterocycles. The standard InChI is InChI=1S/C14H23NO3/c1-9(2)10(3)15(4)13(16)11-7-5-6-8-12(11)14(17)18/h5-6,9-12H,7-8H2,1-4H3,(H,17,18). The van der Waals surface area contributed by atoms with Crippen LogP contribution in [0.1, 0.15) is 33.6 Å². The van der Waals surface area contributed by atoms with Gasteiger partial charge in [0.15, 0.2) is 0 Å². The Morgan fingerprint density at radius 3 is 2.11 bits per heavy atom. The molecular weight excluding hydrogens is 230 g/mol. The molecule has 1 aliphatic rings. The lowest BCUT2D eigenvalue weighted by Gasteiger charge is -2.33. The molecule has 0 aromatic heterocycles. The molecule has 1 amide bonds. The van der Waals surface area contributed by atoms with E-state index < -0.39 is 17.8 Å². The lowest BCUT2D eigenvalue weighted by Crippen LogP contribution is -2.45. The largest absolute Gasteiger partial charge is 0.481 e. The van der Waals surface area contributed by atoms with Crippen LogP contribution in [0.25, 0.3) is 0 Å². The highest BCUT2D eigenvalue weighted by Gasteiger charge is 2.36. The molecule has 1 N–H and O–H groups in total. The van der Waals surface area contributed by atoms with Crippen LogP contribution in [0.4, 0.5) is 0 Å². The summed E-state index contributed by atoms with van der Waals surface area (Å²) in [6, 6.07) is 0.123. The Morgan fingerprint density at radius 1 is 1.17 bits per heavy atom. The molecule has 0 fully saturated rings. The number of aliphatic carboxylic acids is 1. The number of carboxylic acids is 1. The van der Waals surface area contributed by atoms with E-state index in [0.717, 1.165) is 0 Å². The zero-order valence-electron chi connectivity index (χ0n) is 11.6. The molecule has 4 nitrogen and oxygen atoms in total. The van der Waals surface area contributed by atoms with Crippen molar-refractivity contribution >= 4 is 11.9 Å². The van der Waals surface area contributed by atoms with Crippen LogP contribution in [0.15, 0.2) is 12.2 Å². The molecule has 0 bridgehead atoms. The first-order chi connectivity index (χ1) is 8.36. The summed E-state index contributed by atoms with van der Waals surface area (Å²) in [5.74, 6) is -1.55. The van der Waals surface area contributed by atoms with E-state index in [0.29, 0.717) is 18.8 Å². The van der Waals surface area contributed by atoms with Gasteiger partial charge in [0, 0.05) is 13.1 Å². The smallest absolute Gasteiger partial charge is 0.307 e. The minimum atomic E-state index is -0.872. The molecule has 0 aromatic carbocycles. The molecule has 0 heterocycles. The van der Waals surface area contributed by atoms with Crippen LogP contribution in [0.5, 0.6) is 0 Å². The van der Waals surface area contributed by atoms with E-state index in [-0.39, 0.29) is 11.9 Å².